The summed E-state index contributed by atoms with van der Waals surface area (Å²) in [6.45, 7) is 1.98. The molecule has 0 atom stereocenters. The normalized spacial score (nSPS) is 12.0. The highest BCUT2D eigenvalue weighted by Gasteiger charge is 2.27. The summed E-state index contributed by atoms with van der Waals surface area (Å²) in [4.78, 5) is 12.4. The van der Waals surface area contributed by atoms with Crippen LogP contribution in [0.25, 0.3) is 6.08 Å². The van der Waals surface area contributed by atoms with Crippen molar-refractivity contribution < 1.29 is 27.4 Å². The standard InChI is InChI=1S/C19H21F3N2O3/c1-12-18(13(2)24(3)23-12)16(25)7-5-14-6-8-17(26-4)15(9-14)10-27-11-19(20,21)22/h5-9H,10-11H2,1-4H3/b7-5+. The number of carbonyl (C=O) groups is 1. The summed E-state index contributed by atoms with van der Waals surface area (Å²) in [5.41, 5.74) is 3.05. The lowest BCUT2D eigenvalue weighted by molar-refractivity contribution is -0.176. The van der Waals surface area contributed by atoms with Crippen LogP contribution in [0.15, 0.2) is 24.3 Å². The van der Waals surface area contributed by atoms with E-state index >= 15 is 0 Å². The summed E-state index contributed by atoms with van der Waals surface area (Å²) in [7, 11) is 3.19. The highest BCUT2D eigenvalue weighted by atomic mass is 19.4. The van der Waals surface area contributed by atoms with Crippen LogP contribution in [0, 0.1) is 13.8 Å². The number of allylic oxidation sites excluding steroid dienone is 1. The number of hydrogen-bond acceptors (Lipinski definition) is 4. The van der Waals surface area contributed by atoms with Crippen LogP contribution in [-0.2, 0) is 18.4 Å². The van der Waals surface area contributed by atoms with E-state index in [9.17, 15) is 18.0 Å². The number of aromatic nitrogens is 2. The molecule has 27 heavy (non-hydrogen) atoms. The molecule has 0 unspecified atom stereocenters. The van der Waals surface area contributed by atoms with Gasteiger partial charge in [-0.1, -0.05) is 12.1 Å². The number of nitrogens with zero attached hydrogens (tertiary/aromatic N) is 2. The minimum Gasteiger partial charge on any atom is -0.496 e. The van der Waals surface area contributed by atoms with Crippen molar-refractivity contribution >= 4 is 11.9 Å². The predicted octanol–water partition coefficient (Wildman–Crippen LogP) is 4.02. The zero-order valence-electron chi connectivity index (χ0n) is 15.6. The van der Waals surface area contributed by atoms with E-state index in [-0.39, 0.29) is 12.4 Å². The average Bonchev–Trinajstić information content (AvgIpc) is 2.84. The summed E-state index contributed by atoms with van der Waals surface area (Å²) in [6.07, 6.45) is -1.38. The number of methoxy groups -OCH3 is 1. The summed E-state index contributed by atoms with van der Waals surface area (Å²) in [5.74, 6) is 0.225. The molecule has 0 spiro atoms. The van der Waals surface area contributed by atoms with Gasteiger partial charge in [0.15, 0.2) is 5.78 Å². The fourth-order valence-corrected chi connectivity index (χ4v) is 2.68. The Morgan fingerprint density at radius 3 is 2.56 bits per heavy atom. The highest BCUT2D eigenvalue weighted by Crippen LogP contribution is 2.23. The van der Waals surface area contributed by atoms with Gasteiger partial charge < -0.3 is 9.47 Å². The molecule has 0 aliphatic heterocycles. The Morgan fingerprint density at radius 2 is 2.00 bits per heavy atom. The molecule has 0 aliphatic rings. The molecule has 2 rings (SSSR count). The van der Waals surface area contributed by atoms with Gasteiger partial charge in [0, 0.05) is 18.3 Å². The van der Waals surface area contributed by atoms with Gasteiger partial charge in [0.25, 0.3) is 0 Å². The van der Waals surface area contributed by atoms with E-state index in [0.29, 0.717) is 28.1 Å². The van der Waals surface area contributed by atoms with Crippen molar-refractivity contribution in [3.63, 3.8) is 0 Å². The topological polar surface area (TPSA) is 53.3 Å². The van der Waals surface area contributed by atoms with Gasteiger partial charge in [-0.15, -0.1) is 0 Å². The van der Waals surface area contributed by atoms with Crippen LogP contribution in [0.3, 0.4) is 0 Å². The molecule has 1 heterocycles. The molecule has 8 heteroatoms. The number of alkyl halides is 3. The molecule has 0 N–H and O–H groups in total. The average molecular weight is 382 g/mol. The molecule has 0 bridgehead atoms. The number of halogens is 3. The zero-order chi connectivity index (χ0) is 20.2. The van der Waals surface area contributed by atoms with Crippen molar-refractivity contribution in [3.05, 3.63) is 52.4 Å². The molecule has 2 aromatic rings. The third-order valence-electron chi connectivity index (χ3n) is 4.01. The summed E-state index contributed by atoms with van der Waals surface area (Å²) in [6, 6.07) is 4.96. The maximum absolute atomic E-state index is 12.4. The number of ether oxygens (including phenoxy) is 2. The third kappa shape index (κ3) is 5.43. The first-order valence-corrected chi connectivity index (χ1v) is 8.16. The molecule has 0 saturated heterocycles. The Kier molecular flexibility index (Phi) is 6.43. The Hall–Kier alpha value is -2.61. The van der Waals surface area contributed by atoms with Gasteiger partial charge in [-0.05, 0) is 37.6 Å². The number of aryl methyl sites for hydroxylation is 2. The van der Waals surface area contributed by atoms with E-state index in [1.807, 2.05) is 6.92 Å². The minimum absolute atomic E-state index is 0.191. The van der Waals surface area contributed by atoms with E-state index in [1.165, 1.54) is 13.2 Å². The van der Waals surface area contributed by atoms with Crippen LogP contribution in [0.4, 0.5) is 13.2 Å². The second-order valence-corrected chi connectivity index (χ2v) is 6.05. The number of hydrogen-bond donors (Lipinski definition) is 0. The minimum atomic E-state index is -4.39. The maximum Gasteiger partial charge on any atom is 0.411 e. The van der Waals surface area contributed by atoms with E-state index in [4.69, 9.17) is 9.47 Å². The lowest BCUT2D eigenvalue weighted by Gasteiger charge is -2.11. The van der Waals surface area contributed by atoms with Gasteiger partial charge in [0.05, 0.1) is 25.0 Å². The largest absolute Gasteiger partial charge is 0.496 e. The van der Waals surface area contributed by atoms with Crippen LogP contribution in [0.5, 0.6) is 5.75 Å². The van der Waals surface area contributed by atoms with E-state index < -0.39 is 12.8 Å². The fourth-order valence-electron chi connectivity index (χ4n) is 2.68. The fraction of sp³-hybridized carbons (Fsp3) is 0.368. The number of carbonyl (C=O) groups excluding carboxylic acids is 1. The van der Waals surface area contributed by atoms with E-state index in [1.54, 1.807) is 42.9 Å². The van der Waals surface area contributed by atoms with Gasteiger partial charge >= 0.3 is 6.18 Å². The smallest absolute Gasteiger partial charge is 0.411 e. The van der Waals surface area contributed by atoms with E-state index in [0.717, 1.165) is 5.69 Å². The Bertz CT molecular complexity index is 855. The first-order chi connectivity index (χ1) is 12.6. The molecule has 0 aliphatic carbocycles. The lowest BCUT2D eigenvalue weighted by atomic mass is 10.1. The Balaban J connectivity index is 2.17. The van der Waals surface area contributed by atoms with Crippen molar-refractivity contribution in [2.45, 2.75) is 26.6 Å². The zero-order valence-corrected chi connectivity index (χ0v) is 15.6. The molecule has 0 fully saturated rings. The predicted molar refractivity (Wildman–Crippen MR) is 94.8 cm³/mol. The number of ketones is 1. The van der Waals surface area contributed by atoms with Crippen molar-refractivity contribution in [3.8, 4) is 5.75 Å². The van der Waals surface area contributed by atoms with E-state index in [2.05, 4.69) is 5.10 Å². The summed E-state index contributed by atoms with van der Waals surface area (Å²) < 4.78 is 48.2. The molecular formula is C19H21F3N2O3. The van der Waals surface area contributed by atoms with Crippen LogP contribution in [0.2, 0.25) is 0 Å². The van der Waals surface area contributed by atoms with Gasteiger partial charge in [0.2, 0.25) is 0 Å². The van der Waals surface area contributed by atoms with Crippen LogP contribution in [-0.4, -0.2) is 35.5 Å². The SMILES string of the molecule is COc1ccc(/C=C/C(=O)c2c(C)nn(C)c2C)cc1COCC(F)(F)F. The second kappa shape index (κ2) is 8.39. The van der Waals surface area contributed by atoms with Gasteiger partial charge in [-0.2, -0.15) is 18.3 Å². The molecule has 0 radical (unpaired) electrons. The maximum atomic E-state index is 12.4. The van der Waals surface area contributed by atoms with Crippen molar-refractivity contribution in [1.29, 1.82) is 0 Å². The molecule has 0 amide bonds. The molecule has 0 saturated carbocycles. The third-order valence-corrected chi connectivity index (χ3v) is 4.01. The molecule has 146 valence electrons. The number of rotatable bonds is 7. The summed E-state index contributed by atoms with van der Waals surface area (Å²) in [5, 5.41) is 4.21. The Labute approximate surface area is 155 Å². The van der Waals surface area contributed by atoms with Crippen LogP contribution < -0.4 is 4.74 Å². The van der Waals surface area contributed by atoms with Gasteiger partial charge in [0.1, 0.15) is 12.4 Å². The first kappa shape index (κ1) is 20.7. The molecular weight excluding hydrogens is 361 g/mol. The number of benzene rings is 1. The van der Waals surface area contributed by atoms with Crippen LogP contribution >= 0.6 is 0 Å². The lowest BCUT2D eigenvalue weighted by Crippen LogP contribution is -2.16. The van der Waals surface area contributed by atoms with Crippen LogP contribution in [0.1, 0.15) is 32.9 Å². The molecule has 1 aromatic carbocycles. The Morgan fingerprint density at radius 1 is 1.30 bits per heavy atom. The monoisotopic (exact) mass is 382 g/mol. The van der Waals surface area contributed by atoms with Crippen molar-refractivity contribution in [2.75, 3.05) is 13.7 Å². The van der Waals surface area contributed by atoms with Gasteiger partial charge in [-0.3, -0.25) is 9.48 Å². The quantitative estimate of drug-likeness (QED) is 0.536. The molecule has 1 aromatic heterocycles. The highest BCUT2D eigenvalue weighted by molar-refractivity contribution is 6.08. The summed E-state index contributed by atoms with van der Waals surface area (Å²) >= 11 is 0. The van der Waals surface area contributed by atoms with Crippen molar-refractivity contribution in [2.24, 2.45) is 7.05 Å². The molecule has 5 nitrogen and oxygen atoms in total. The van der Waals surface area contributed by atoms with Crippen molar-refractivity contribution in [1.82, 2.24) is 9.78 Å². The first-order valence-electron chi connectivity index (χ1n) is 8.16. The van der Waals surface area contributed by atoms with Gasteiger partial charge in [-0.25, -0.2) is 0 Å². The second-order valence-electron chi connectivity index (χ2n) is 6.05.